The molecule has 0 amide bonds. The highest BCUT2D eigenvalue weighted by molar-refractivity contribution is 5.69. The molecule has 0 aliphatic heterocycles. The minimum Gasteiger partial charge on any atom is -0.481 e. The van der Waals surface area contributed by atoms with Crippen LogP contribution in [0.2, 0.25) is 0 Å². The van der Waals surface area contributed by atoms with E-state index in [-0.39, 0.29) is 5.92 Å². The van der Waals surface area contributed by atoms with E-state index >= 15 is 0 Å². The molecule has 2 heteroatoms. The van der Waals surface area contributed by atoms with Gasteiger partial charge >= 0.3 is 5.97 Å². The first-order valence-corrected chi connectivity index (χ1v) is 6.80. The summed E-state index contributed by atoms with van der Waals surface area (Å²) in [7, 11) is 0. The first kappa shape index (κ1) is 15.5. The molecule has 16 heavy (non-hydrogen) atoms. The van der Waals surface area contributed by atoms with Crippen LogP contribution in [0.15, 0.2) is 0 Å². The van der Waals surface area contributed by atoms with Gasteiger partial charge in [0.1, 0.15) is 0 Å². The lowest BCUT2D eigenvalue weighted by Gasteiger charge is -2.10. The third-order valence-electron chi connectivity index (χ3n) is 3.07. The molecule has 0 aliphatic carbocycles. The molecule has 0 fully saturated rings. The summed E-state index contributed by atoms with van der Waals surface area (Å²) in [6.07, 6.45) is 8.81. The van der Waals surface area contributed by atoms with E-state index in [0.29, 0.717) is 0 Å². The van der Waals surface area contributed by atoms with E-state index in [2.05, 4.69) is 20.8 Å². The van der Waals surface area contributed by atoms with Gasteiger partial charge in [-0.25, -0.2) is 0 Å². The molecule has 0 saturated heterocycles. The van der Waals surface area contributed by atoms with Crippen molar-refractivity contribution in [1.82, 2.24) is 0 Å². The topological polar surface area (TPSA) is 37.3 Å². The minimum atomic E-state index is -0.607. The minimum absolute atomic E-state index is 0.102. The zero-order valence-electron chi connectivity index (χ0n) is 11.2. The summed E-state index contributed by atoms with van der Waals surface area (Å²) >= 11 is 0. The molecule has 0 aliphatic rings. The van der Waals surface area contributed by atoms with Gasteiger partial charge in [0.2, 0.25) is 0 Å². The van der Waals surface area contributed by atoms with Gasteiger partial charge in [-0.05, 0) is 18.8 Å². The number of hydrogen-bond donors (Lipinski definition) is 1. The van der Waals surface area contributed by atoms with Crippen molar-refractivity contribution in [3.8, 4) is 0 Å². The predicted octanol–water partition coefficient (Wildman–Crippen LogP) is 4.48. The molecule has 0 aromatic rings. The molecule has 96 valence electrons. The summed E-state index contributed by atoms with van der Waals surface area (Å²) in [5.41, 5.74) is 0. The van der Waals surface area contributed by atoms with Gasteiger partial charge in [0.05, 0.1) is 5.92 Å². The lowest BCUT2D eigenvalue weighted by atomic mass is 9.96. The molecule has 0 aromatic carbocycles. The maximum absolute atomic E-state index is 10.9. The zero-order chi connectivity index (χ0) is 12.4. The average molecular weight is 228 g/mol. The van der Waals surface area contributed by atoms with Gasteiger partial charge in [-0.2, -0.15) is 0 Å². The molecule has 1 N–H and O–H groups in total. The van der Waals surface area contributed by atoms with Crippen molar-refractivity contribution >= 4 is 5.97 Å². The van der Waals surface area contributed by atoms with Crippen LogP contribution in [0.3, 0.4) is 0 Å². The van der Waals surface area contributed by atoms with Gasteiger partial charge in [0.15, 0.2) is 0 Å². The molecule has 0 heterocycles. The van der Waals surface area contributed by atoms with E-state index in [1.54, 1.807) is 0 Å². The van der Waals surface area contributed by atoms with Crippen LogP contribution in [0.4, 0.5) is 0 Å². The number of carbonyl (C=O) groups is 1. The van der Waals surface area contributed by atoms with Crippen LogP contribution in [-0.4, -0.2) is 11.1 Å². The highest BCUT2D eigenvalue weighted by Gasteiger charge is 2.15. The largest absolute Gasteiger partial charge is 0.481 e. The Kier molecular flexibility index (Phi) is 9.36. The first-order chi connectivity index (χ1) is 7.57. The Hall–Kier alpha value is -0.530. The van der Waals surface area contributed by atoms with Crippen LogP contribution in [0, 0.1) is 11.8 Å². The Morgan fingerprint density at radius 1 is 1.00 bits per heavy atom. The number of unbranched alkanes of at least 4 members (excludes halogenated alkanes) is 3. The molecule has 0 radical (unpaired) electrons. The monoisotopic (exact) mass is 228 g/mol. The van der Waals surface area contributed by atoms with Crippen molar-refractivity contribution in [2.24, 2.45) is 11.8 Å². The van der Waals surface area contributed by atoms with Crippen molar-refractivity contribution in [2.45, 2.75) is 72.1 Å². The van der Waals surface area contributed by atoms with Gasteiger partial charge in [-0.1, -0.05) is 59.3 Å². The molecular weight excluding hydrogens is 200 g/mol. The smallest absolute Gasteiger partial charge is 0.306 e. The van der Waals surface area contributed by atoms with Crippen LogP contribution in [0.5, 0.6) is 0 Å². The van der Waals surface area contributed by atoms with Crippen LogP contribution in [0.1, 0.15) is 72.1 Å². The van der Waals surface area contributed by atoms with Gasteiger partial charge in [-0.15, -0.1) is 0 Å². The normalized spacial score (nSPS) is 13.0. The molecule has 2 nitrogen and oxygen atoms in total. The number of carboxylic acid groups (broad SMARTS) is 1. The summed E-state index contributed by atoms with van der Waals surface area (Å²) in [6, 6.07) is 0. The molecule has 1 atom stereocenters. The number of rotatable bonds is 10. The molecule has 0 bridgehead atoms. The second-order valence-electron chi connectivity index (χ2n) is 5.21. The molecule has 1 unspecified atom stereocenters. The summed E-state index contributed by atoms with van der Waals surface area (Å²) in [4.78, 5) is 10.9. The van der Waals surface area contributed by atoms with Crippen LogP contribution >= 0.6 is 0 Å². The fraction of sp³-hybridized carbons (Fsp3) is 0.929. The van der Waals surface area contributed by atoms with Crippen molar-refractivity contribution < 1.29 is 9.90 Å². The fourth-order valence-corrected chi connectivity index (χ4v) is 2.04. The zero-order valence-corrected chi connectivity index (χ0v) is 11.2. The first-order valence-electron chi connectivity index (χ1n) is 6.80. The van der Waals surface area contributed by atoms with Gasteiger partial charge < -0.3 is 5.11 Å². The van der Waals surface area contributed by atoms with Crippen molar-refractivity contribution in [2.75, 3.05) is 0 Å². The highest BCUT2D eigenvalue weighted by Crippen LogP contribution is 2.17. The standard InChI is InChI=1S/C14H28O2/c1-4-9-13(14(15)16)11-8-6-5-7-10-12(2)3/h12-13H,4-11H2,1-3H3,(H,15,16). The summed E-state index contributed by atoms with van der Waals surface area (Å²) in [5.74, 6) is 0.0889. The lowest BCUT2D eigenvalue weighted by molar-refractivity contribution is -0.142. The summed E-state index contributed by atoms with van der Waals surface area (Å²) in [6.45, 7) is 6.56. The SMILES string of the molecule is CCCC(CCCCCCC(C)C)C(=O)O. The van der Waals surface area contributed by atoms with E-state index in [0.717, 1.165) is 31.6 Å². The Bertz CT molecular complexity index is 176. The van der Waals surface area contributed by atoms with Gasteiger partial charge in [0, 0.05) is 0 Å². The summed E-state index contributed by atoms with van der Waals surface area (Å²) in [5, 5.41) is 8.98. The molecular formula is C14H28O2. The van der Waals surface area contributed by atoms with E-state index in [1.165, 1.54) is 25.7 Å². The number of aliphatic carboxylic acids is 1. The van der Waals surface area contributed by atoms with Crippen molar-refractivity contribution in [3.63, 3.8) is 0 Å². The Morgan fingerprint density at radius 3 is 2.00 bits per heavy atom. The van der Waals surface area contributed by atoms with Gasteiger partial charge in [-0.3, -0.25) is 4.79 Å². The molecule has 0 saturated carbocycles. The Labute approximate surface area is 100 Å². The molecule has 0 spiro atoms. The average Bonchev–Trinajstić information content (AvgIpc) is 2.20. The maximum Gasteiger partial charge on any atom is 0.306 e. The van der Waals surface area contributed by atoms with Gasteiger partial charge in [0.25, 0.3) is 0 Å². The quantitative estimate of drug-likeness (QED) is 0.560. The highest BCUT2D eigenvalue weighted by atomic mass is 16.4. The second-order valence-corrected chi connectivity index (χ2v) is 5.21. The van der Waals surface area contributed by atoms with Crippen LogP contribution in [-0.2, 0) is 4.79 Å². The van der Waals surface area contributed by atoms with Crippen LogP contribution < -0.4 is 0 Å². The maximum atomic E-state index is 10.9. The van der Waals surface area contributed by atoms with E-state index in [9.17, 15) is 4.79 Å². The molecule has 0 rings (SSSR count). The third kappa shape index (κ3) is 8.75. The Balaban J connectivity index is 3.44. The van der Waals surface area contributed by atoms with E-state index in [4.69, 9.17) is 5.11 Å². The fourth-order valence-electron chi connectivity index (χ4n) is 2.04. The number of hydrogen-bond acceptors (Lipinski definition) is 1. The number of carboxylic acids is 1. The summed E-state index contributed by atoms with van der Waals surface area (Å²) < 4.78 is 0. The van der Waals surface area contributed by atoms with Crippen molar-refractivity contribution in [3.05, 3.63) is 0 Å². The van der Waals surface area contributed by atoms with Crippen LogP contribution in [0.25, 0.3) is 0 Å². The lowest BCUT2D eigenvalue weighted by Crippen LogP contribution is -2.13. The Morgan fingerprint density at radius 2 is 1.56 bits per heavy atom. The second kappa shape index (κ2) is 9.68. The molecule has 0 aromatic heterocycles. The third-order valence-corrected chi connectivity index (χ3v) is 3.07. The van der Waals surface area contributed by atoms with E-state index < -0.39 is 5.97 Å². The van der Waals surface area contributed by atoms with Crippen molar-refractivity contribution in [1.29, 1.82) is 0 Å². The van der Waals surface area contributed by atoms with E-state index in [1.807, 2.05) is 0 Å². The predicted molar refractivity (Wildman–Crippen MR) is 68.6 cm³/mol.